The summed E-state index contributed by atoms with van der Waals surface area (Å²) < 4.78 is 8.02. The van der Waals surface area contributed by atoms with Crippen molar-refractivity contribution >= 4 is 17.1 Å². The molecular weight excluding hydrogens is 266 g/mol. The van der Waals surface area contributed by atoms with E-state index in [1.165, 1.54) is 19.4 Å². The summed E-state index contributed by atoms with van der Waals surface area (Å²) in [5.74, 6) is 0.527. The van der Waals surface area contributed by atoms with Gasteiger partial charge in [0.15, 0.2) is 5.65 Å². The predicted molar refractivity (Wildman–Crippen MR) is 81.0 cm³/mol. The van der Waals surface area contributed by atoms with Gasteiger partial charge in [-0.2, -0.15) is 0 Å². The van der Waals surface area contributed by atoms with Crippen LogP contribution < -0.4 is 5.73 Å². The van der Waals surface area contributed by atoms with Crippen LogP contribution in [-0.4, -0.2) is 51.3 Å². The molecule has 0 saturated carbocycles. The molecule has 0 radical (unpaired) electrons. The van der Waals surface area contributed by atoms with Gasteiger partial charge in [-0.05, 0) is 37.9 Å². The monoisotopic (exact) mass is 287 g/mol. The molecule has 2 N–H and O–H groups in total. The molecule has 6 heteroatoms. The lowest BCUT2D eigenvalue weighted by Crippen LogP contribution is -2.47. The Hall–Kier alpha value is -1.66. The van der Waals surface area contributed by atoms with Gasteiger partial charge in [0.2, 0.25) is 5.95 Å². The Labute approximate surface area is 123 Å². The summed E-state index contributed by atoms with van der Waals surface area (Å²) in [7, 11) is 0. The SMILES string of the molecule is Cc1ccnc2c1nc(N)n2CC1CN2CCCC2CO1. The van der Waals surface area contributed by atoms with E-state index in [2.05, 4.69) is 14.9 Å². The summed E-state index contributed by atoms with van der Waals surface area (Å²) in [5, 5.41) is 0. The average Bonchev–Trinajstić information content (AvgIpc) is 3.05. The first-order chi connectivity index (χ1) is 10.2. The fourth-order valence-electron chi connectivity index (χ4n) is 3.53. The van der Waals surface area contributed by atoms with Crippen LogP contribution in [0.15, 0.2) is 12.3 Å². The van der Waals surface area contributed by atoms with Gasteiger partial charge in [-0.1, -0.05) is 0 Å². The number of nitrogen functional groups attached to an aromatic ring is 1. The Balaban J connectivity index is 1.60. The highest BCUT2D eigenvalue weighted by Crippen LogP contribution is 2.25. The molecule has 2 atom stereocenters. The number of nitrogens with two attached hydrogens (primary N) is 1. The number of imidazole rings is 1. The van der Waals surface area contributed by atoms with Gasteiger partial charge in [-0.3, -0.25) is 9.47 Å². The highest BCUT2D eigenvalue weighted by atomic mass is 16.5. The first kappa shape index (κ1) is 13.0. The molecule has 2 aliphatic heterocycles. The maximum atomic E-state index is 6.09. The van der Waals surface area contributed by atoms with Crippen LogP contribution in [0.2, 0.25) is 0 Å². The standard InChI is InChI=1S/C15H21N5O/c1-10-4-5-17-14-13(10)18-15(16)20(14)8-12-7-19-6-2-3-11(19)9-21-12/h4-5,11-12H,2-3,6-9H2,1H3,(H2,16,18). The second kappa shape index (κ2) is 4.96. The van der Waals surface area contributed by atoms with Crippen LogP contribution >= 0.6 is 0 Å². The van der Waals surface area contributed by atoms with Gasteiger partial charge >= 0.3 is 0 Å². The number of hydrogen-bond acceptors (Lipinski definition) is 5. The van der Waals surface area contributed by atoms with Crippen molar-refractivity contribution < 1.29 is 4.74 Å². The second-order valence-corrected chi connectivity index (χ2v) is 6.13. The fraction of sp³-hybridized carbons (Fsp3) is 0.600. The Bertz CT molecular complexity index is 667. The predicted octanol–water partition coefficient (Wildman–Crippen LogP) is 1.19. The van der Waals surface area contributed by atoms with Gasteiger partial charge < -0.3 is 10.5 Å². The molecule has 0 bridgehead atoms. The minimum absolute atomic E-state index is 0.168. The number of aryl methyl sites for hydroxylation is 1. The lowest BCUT2D eigenvalue weighted by Gasteiger charge is -2.35. The van der Waals surface area contributed by atoms with E-state index in [0.29, 0.717) is 12.0 Å². The highest BCUT2D eigenvalue weighted by Gasteiger charge is 2.32. The Morgan fingerprint density at radius 3 is 3.29 bits per heavy atom. The molecule has 2 aromatic rings. The van der Waals surface area contributed by atoms with E-state index in [9.17, 15) is 0 Å². The zero-order chi connectivity index (χ0) is 14.4. The van der Waals surface area contributed by atoms with Crippen molar-refractivity contribution in [2.45, 2.75) is 38.5 Å². The Morgan fingerprint density at radius 1 is 1.48 bits per heavy atom. The zero-order valence-electron chi connectivity index (χ0n) is 12.3. The number of aromatic nitrogens is 3. The number of morpholine rings is 1. The van der Waals surface area contributed by atoms with Gasteiger partial charge in [0.25, 0.3) is 0 Å². The molecule has 2 aliphatic rings. The number of hydrogen-bond donors (Lipinski definition) is 1. The van der Waals surface area contributed by atoms with Crippen molar-refractivity contribution in [1.29, 1.82) is 0 Å². The van der Waals surface area contributed by atoms with Crippen LogP contribution in [-0.2, 0) is 11.3 Å². The number of anilines is 1. The molecule has 2 saturated heterocycles. The van der Waals surface area contributed by atoms with Crippen LogP contribution in [0.25, 0.3) is 11.2 Å². The summed E-state index contributed by atoms with van der Waals surface area (Å²) in [6.45, 7) is 5.77. The highest BCUT2D eigenvalue weighted by molar-refractivity contribution is 5.77. The quantitative estimate of drug-likeness (QED) is 0.898. The lowest BCUT2D eigenvalue weighted by atomic mass is 10.2. The first-order valence-corrected chi connectivity index (χ1v) is 7.65. The van der Waals surface area contributed by atoms with Gasteiger partial charge in [-0.25, -0.2) is 9.97 Å². The van der Waals surface area contributed by atoms with E-state index in [0.717, 1.165) is 36.4 Å². The van der Waals surface area contributed by atoms with Crippen molar-refractivity contribution in [2.24, 2.45) is 0 Å². The van der Waals surface area contributed by atoms with Crippen molar-refractivity contribution in [3.63, 3.8) is 0 Å². The number of ether oxygens (including phenoxy) is 1. The third-order valence-electron chi connectivity index (χ3n) is 4.71. The average molecular weight is 287 g/mol. The Kier molecular flexibility index (Phi) is 3.08. The van der Waals surface area contributed by atoms with E-state index in [1.807, 2.05) is 23.8 Å². The molecule has 0 spiro atoms. The van der Waals surface area contributed by atoms with Crippen molar-refractivity contribution in [3.8, 4) is 0 Å². The molecule has 2 aromatic heterocycles. The molecular formula is C15H21N5O. The molecule has 21 heavy (non-hydrogen) atoms. The summed E-state index contributed by atoms with van der Waals surface area (Å²) in [6, 6.07) is 2.59. The number of rotatable bonds is 2. The maximum absolute atomic E-state index is 6.09. The van der Waals surface area contributed by atoms with Crippen molar-refractivity contribution in [2.75, 3.05) is 25.4 Å². The number of nitrogens with zero attached hydrogens (tertiary/aromatic N) is 4. The summed E-state index contributed by atoms with van der Waals surface area (Å²) in [5.41, 5.74) is 8.95. The molecule has 6 nitrogen and oxygen atoms in total. The van der Waals surface area contributed by atoms with E-state index in [-0.39, 0.29) is 6.10 Å². The summed E-state index contributed by atoms with van der Waals surface area (Å²) in [6.07, 6.45) is 4.54. The lowest BCUT2D eigenvalue weighted by molar-refractivity contribution is -0.0545. The van der Waals surface area contributed by atoms with E-state index in [4.69, 9.17) is 10.5 Å². The molecule has 112 valence electrons. The molecule has 0 aromatic carbocycles. The summed E-state index contributed by atoms with van der Waals surface area (Å²) >= 11 is 0. The molecule has 0 amide bonds. The topological polar surface area (TPSA) is 69.2 Å². The normalized spacial score (nSPS) is 26.3. The van der Waals surface area contributed by atoms with Gasteiger partial charge in [0, 0.05) is 18.8 Å². The van der Waals surface area contributed by atoms with Crippen LogP contribution in [0, 0.1) is 6.92 Å². The molecule has 2 fully saturated rings. The molecule has 4 heterocycles. The van der Waals surface area contributed by atoms with E-state index < -0.39 is 0 Å². The van der Waals surface area contributed by atoms with Crippen LogP contribution in [0.1, 0.15) is 18.4 Å². The summed E-state index contributed by atoms with van der Waals surface area (Å²) in [4.78, 5) is 11.4. The van der Waals surface area contributed by atoms with Gasteiger partial charge in [0.05, 0.1) is 19.3 Å². The molecule has 2 unspecified atom stereocenters. The fourth-order valence-corrected chi connectivity index (χ4v) is 3.53. The van der Waals surface area contributed by atoms with Crippen molar-refractivity contribution in [3.05, 3.63) is 17.8 Å². The smallest absolute Gasteiger partial charge is 0.202 e. The van der Waals surface area contributed by atoms with Crippen LogP contribution in [0.5, 0.6) is 0 Å². The Morgan fingerprint density at radius 2 is 2.38 bits per heavy atom. The largest absolute Gasteiger partial charge is 0.373 e. The van der Waals surface area contributed by atoms with Gasteiger partial charge in [-0.15, -0.1) is 0 Å². The number of pyridine rings is 1. The zero-order valence-corrected chi connectivity index (χ0v) is 12.3. The third kappa shape index (κ3) is 2.18. The maximum Gasteiger partial charge on any atom is 0.202 e. The van der Waals surface area contributed by atoms with Crippen molar-refractivity contribution in [1.82, 2.24) is 19.4 Å². The van der Waals surface area contributed by atoms with Crippen LogP contribution in [0.4, 0.5) is 5.95 Å². The first-order valence-electron chi connectivity index (χ1n) is 7.65. The minimum Gasteiger partial charge on any atom is -0.373 e. The number of fused-ring (bicyclic) bond motifs is 2. The molecule has 0 aliphatic carbocycles. The second-order valence-electron chi connectivity index (χ2n) is 6.13. The van der Waals surface area contributed by atoms with Gasteiger partial charge in [0.1, 0.15) is 5.52 Å². The van der Waals surface area contributed by atoms with Crippen LogP contribution in [0.3, 0.4) is 0 Å². The van der Waals surface area contributed by atoms with E-state index >= 15 is 0 Å². The molecule has 4 rings (SSSR count). The minimum atomic E-state index is 0.168. The van der Waals surface area contributed by atoms with E-state index in [1.54, 1.807) is 0 Å². The third-order valence-corrected chi connectivity index (χ3v) is 4.71.